The van der Waals surface area contributed by atoms with Crippen molar-refractivity contribution in [3.05, 3.63) is 28.6 Å². The molecule has 2 aromatic rings. The van der Waals surface area contributed by atoms with Crippen LogP contribution in [0.2, 0.25) is 0 Å². The number of anilines is 1. The third kappa shape index (κ3) is 2.44. The quantitative estimate of drug-likeness (QED) is 0.819. The molecule has 0 aliphatic heterocycles. The Bertz CT molecular complexity index is 506. The summed E-state index contributed by atoms with van der Waals surface area (Å²) in [5, 5.41) is 1.98. The Kier molecular flexibility index (Phi) is 3.38. The normalized spacial score (nSPS) is 10.4. The van der Waals surface area contributed by atoms with E-state index < -0.39 is 5.97 Å². The van der Waals surface area contributed by atoms with Gasteiger partial charge in [-0.05, 0) is 0 Å². The van der Waals surface area contributed by atoms with Crippen molar-refractivity contribution in [3.8, 4) is 0 Å². The summed E-state index contributed by atoms with van der Waals surface area (Å²) in [5.41, 5.74) is 8.75. The average molecular weight is 252 g/mol. The second-order valence-corrected chi connectivity index (χ2v) is 4.11. The van der Waals surface area contributed by atoms with Crippen LogP contribution in [0.3, 0.4) is 0 Å². The van der Waals surface area contributed by atoms with E-state index in [1.165, 1.54) is 13.4 Å². The molecule has 2 rings (SSSR count). The van der Waals surface area contributed by atoms with Crippen LogP contribution in [-0.4, -0.2) is 27.6 Å². The number of methoxy groups -OCH3 is 1. The molecular formula is C10H12N4O2S. The predicted octanol–water partition coefficient (Wildman–Crippen LogP) is 0.951. The number of nitrogens with zero attached hydrogens (tertiary/aromatic N) is 3. The smallest absolute Gasteiger partial charge is 0.360 e. The van der Waals surface area contributed by atoms with Crippen molar-refractivity contribution in [3.63, 3.8) is 0 Å². The molecule has 0 amide bonds. The summed E-state index contributed by atoms with van der Waals surface area (Å²) >= 11 is 1.55. The Labute approximate surface area is 102 Å². The van der Waals surface area contributed by atoms with Crippen LogP contribution in [0.5, 0.6) is 0 Å². The first-order valence-corrected chi connectivity index (χ1v) is 5.92. The van der Waals surface area contributed by atoms with Gasteiger partial charge in [0.1, 0.15) is 5.82 Å². The second-order valence-electron chi connectivity index (χ2n) is 3.39. The van der Waals surface area contributed by atoms with Gasteiger partial charge in [0.25, 0.3) is 0 Å². The van der Waals surface area contributed by atoms with Crippen LogP contribution in [-0.2, 0) is 17.7 Å². The highest BCUT2D eigenvalue weighted by Gasteiger charge is 2.15. The van der Waals surface area contributed by atoms with E-state index in [0.717, 1.165) is 12.1 Å². The van der Waals surface area contributed by atoms with Crippen molar-refractivity contribution in [2.75, 3.05) is 12.8 Å². The lowest BCUT2D eigenvalue weighted by Gasteiger charge is -2.03. The highest BCUT2D eigenvalue weighted by Crippen LogP contribution is 2.12. The molecule has 2 aromatic heterocycles. The molecule has 0 radical (unpaired) electrons. The molecule has 90 valence electrons. The maximum absolute atomic E-state index is 11.3. The summed E-state index contributed by atoms with van der Waals surface area (Å²) in [5.74, 6) is -0.193. The predicted molar refractivity (Wildman–Crippen MR) is 63.8 cm³/mol. The fourth-order valence-corrected chi connectivity index (χ4v) is 2.01. The molecule has 0 aliphatic rings. The highest BCUT2D eigenvalue weighted by molar-refractivity contribution is 7.07. The van der Waals surface area contributed by atoms with Gasteiger partial charge in [-0.25, -0.2) is 14.8 Å². The Morgan fingerprint density at radius 2 is 2.41 bits per heavy atom. The van der Waals surface area contributed by atoms with Crippen LogP contribution in [0.15, 0.2) is 17.2 Å². The lowest BCUT2D eigenvalue weighted by atomic mass is 10.3. The molecule has 0 saturated heterocycles. The van der Waals surface area contributed by atoms with E-state index in [4.69, 9.17) is 5.73 Å². The van der Waals surface area contributed by atoms with Crippen LogP contribution >= 0.6 is 11.3 Å². The van der Waals surface area contributed by atoms with Crippen molar-refractivity contribution >= 4 is 23.1 Å². The third-order valence-corrected chi connectivity index (χ3v) is 2.98. The highest BCUT2D eigenvalue weighted by atomic mass is 32.1. The molecule has 2 heterocycles. The molecule has 0 spiro atoms. The van der Waals surface area contributed by atoms with Gasteiger partial charge in [-0.2, -0.15) is 0 Å². The van der Waals surface area contributed by atoms with Crippen LogP contribution in [0.4, 0.5) is 5.82 Å². The maximum atomic E-state index is 11.3. The number of aromatic nitrogens is 3. The number of hydrogen-bond acceptors (Lipinski definition) is 6. The number of carbonyl (C=O) groups is 1. The Hall–Kier alpha value is -1.89. The number of ether oxygens (including phenoxy) is 1. The monoisotopic (exact) mass is 252 g/mol. The Morgan fingerprint density at radius 3 is 3.06 bits per heavy atom. The van der Waals surface area contributed by atoms with E-state index in [-0.39, 0.29) is 5.69 Å². The number of rotatable bonds is 4. The van der Waals surface area contributed by atoms with Crippen molar-refractivity contribution in [2.45, 2.75) is 13.0 Å². The first-order chi connectivity index (χ1) is 8.22. The molecule has 2 N–H and O–H groups in total. The van der Waals surface area contributed by atoms with Gasteiger partial charge in [0, 0.05) is 18.3 Å². The first kappa shape index (κ1) is 11.6. The average Bonchev–Trinajstić information content (AvgIpc) is 2.95. The zero-order valence-corrected chi connectivity index (χ0v) is 10.1. The van der Waals surface area contributed by atoms with E-state index in [9.17, 15) is 4.79 Å². The van der Waals surface area contributed by atoms with Crippen LogP contribution in [0.25, 0.3) is 0 Å². The number of aryl methyl sites for hydroxylation is 2. The van der Waals surface area contributed by atoms with Gasteiger partial charge < -0.3 is 15.0 Å². The molecule has 17 heavy (non-hydrogen) atoms. The zero-order valence-electron chi connectivity index (χ0n) is 9.29. The number of nitrogen functional groups attached to an aromatic ring is 1. The summed E-state index contributed by atoms with van der Waals surface area (Å²) in [7, 11) is 1.30. The van der Waals surface area contributed by atoms with Gasteiger partial charge in [-0.1, -0.05) is 0 Å². The Morgan fingerprint density at radius 1 is 1.59 bits per heavy atom. The minimum atomic E-state index is -0.519. The second kappa shape index (κ2) is 4.96. The fraction of sp³-hybridized carbons (Fsp3) is 0.300. The number of thiazole rings is 1. The van der Waals surface area contributed by atoms with Gasteiger partial charge in [-0.15, -0.1) is 11.3 Å². The standard InChI is InChI=1S/C10H12N4O2S/c1-16-10(15)8-9(11)14(5-12-8)3-2-7-4-17-6-13-7/h4-6H,2-3,11H2,1H3. The molecule has 0 bridgehead atoms. The van der Waals surface area contributed by atoms with E-state index in [2.05, 4.69) is 14.7 Å². The van der Waals surface area contributed by atoms with E-state index in [0.29, 0.717) is 12.4 Å². The van der Waals surface area contributed by atoms with E-state index in [1.54, 1.807) is 21.4 Å². The fourth-order valence-electron chi connectivity index (χ4n) is 1.42. The molecule has 6 nitrogen and oxygen atoms in total. The van der Waals surface area contributed by atoms with Crippen molar-refractivity contribution in [1.82, 2.24) is 14.5 Å². The molecule has 0 aliphatic carbocycles. The zero-order chi connectivity index (χ0) is 12.3. The largest absolute Gasteiger partial charge is 0.464 e. The van der Waals surface area contributed by atoms with Crippen LogP contribution in [0.1, 0.15) is 16.2 Å². The summed E-state index contributed by atoms with van der Waals surface area (Å²) in [6.45, 7) is 0.638. The van der Waals surface area contributed by atoms with Gasteiger partial charge in [0.15, 0.2) is 5.69 Å². The lowest BCUT2D eigenvalue weighted by Crippen LogP contribution is -2.09. The summed E-state index contributed by atoms with van der Waals surface area (Å²) in [4.78, 5) is 19.4. The van der Waals surface area contributed by atoms with Crippen molar-refractivity contribution < 1.29 is 9.53 Å². The number of nitrogens with two attached hydrogens (primary N) is 1. The van der Waals surface area contributed by atoms with E-state index >= 15 is 0 Å². The molecule has 0 saturated carbocycles. The molecule has 0 fully saturated rings. The molecule has 7 heteroatoms. The number of esters is 1. The minimum Gasteiger partial charge on any atom is -0.464 e. The SMILES string of the molecule is COC(=O)c1ncn(CCc2cscn2)c1N. The van der Waals surface area contributed by atoms with Crippen LogP contribution < -0.4 is 5.73 Å². The minimum absolute atomic E-state index is 0.158. The summed E-state index contributed by atoms with van der Waals surface area (Å²) in [6, 6.07) is 0. The molecule has 0 unspecified atom stereocenters. The third-order valence-electron chi connectivity index (χ3n) is 2.35. The van der Waals surface area contributed by atoms with Gasteiger partial charge in [0.2, 0.25) is 0 Å². The first-order valence-electron chi connectivity index (χ1n) is 4.98. The number of hydrogen-bond donors (Lipinski definition) is 1. The molecular weight excluding hydrogens is 240 g/mol. The van der Waals surface area contributed by atoms with Crippen LogP contribution in [0, 0.1) is 0 Å². The topological polar surface area (TPSA) is 83.0 Å². The summed E-state index contributed by atoms with van der Waals surface area (Å²) < 4.78 is 6.29. The Balaban J connectivity index is 2.07. The number of carbonyl (C=O) groups excluding carboxylic acids is 1. The van der Waals surface area contributed by atoms with Gasteiger partial charge in [-0.3, -0.25) is 0 Å². The lowest BCUT2D eigenvalue weighted by molar-refractivity contribution is 0.0596. The maximum Gasteiger partial charge on any atom is 0.360 e. The summed E-state index contributed by atoms with van der Waals surface area (Å²) in [6.07, 6.45) is 2.29. The van der Waals surface area contributed by atoms with Crippen molar-refractivity contribution in [2.24, 2.45) is 0 Å². The molecule has 0 aromatic carbocycles. The van der Waals surface area contributed by atoms with Crippen molar-refractivity contribution in [1.29, 1.82) is 0 Å². The molecule has 0 atom stereocenters. The van der Waals surface area contributed by atoms with Gasteiger partial charge in [0.05, 0.1) is 24.6 Å². The van der Waals surface area contributed by atoms with Gasteiger partial charge >= 0.3 is 5.97 Å². The number of imidazole rings is 1. The van der Waals surface area contributed by atoms with E-state index in [1.807, 2.05) is 5.38 Å².